The highest BCUT2D eigenvalue weighted by Crippen LogP contribution is 2.34. The number of carbonyl (C=O) groups excluding carboxylic acids is 1. The second-order valence-electron chi connectivity index (χ2n) is 9.57. The molecule has 37 heavy (non-hydrogen) atoms. The third kappa shape index (κ3) is 4.94. The van der Waals surface area contributed by atoms with Crippen molar-refractivity contribution in [3.05, 3.63) is 34.9 Å². The van der Waals surface area contributed by atoms with E-state index in [0.717, 1.165) is 41.9 Å². The lowest BCUT2D eigenvalue weighted by atomic mass is 9.88. The molecule has 1 amide bonds. The van der Waals surface area contributed by atoms with Crippen LogP contribution in [0.3, 0.4) is 0 Å². The number of tetrazole rings is 1. The molecule has 13 heteroatoms. The Morgan fingerprint density at radius 2 is 2.03 bits per heavy atom. The number of hydrogen-bond acceptors (Lipinski definition) is 9. The molecule has 3 atom stereocenters. The smallest absolute Gasteiger partial charge is 0.297 e. The molecule has 0 radical (unpaired) electrons. The lowest BCUT2D eigenvalue weighted by Gasteiger charge is -2.39. The minimum absolute atomic E-state index is 0.0169. The lowest BCUT2D eigenvalue weighted by Crippen LogP contribution is -2.49. The topological polar surface area (TPSA) is 124 Å². The number of halogens is 2. The van der Waals surface area contributed by atoms with Crippen LogP contribution >= 0.6 is 0 Å². The fraction of sp³-hybridized carbons (Fsp3) is 0.542. The molecular formula is C24H29F2N9O2. The third-order valence-electron chi connectivity index (χ3n) is 7.15. The van der Waals surface area contributed by atoms with Crippen LogP contribution in [0.15, 0.2) is 12.1 Å². The van der Waals surface area contributed by atoms with Crippen LogP contribution in [0.2, 0.25) is 0 Å². The van der Waals surface area contributed by atoms with Crippen molar-refractivity contribution >= 4 is 11.7 Å². The van der Waals surface area contributed by atoms with E-state index in [1.807, 2.05) is 11.8 Å². The van der Waals surface area contributed by atoms with Gasteiger partial charge >= 0.3 is 0 Å². The molecule has 1 saturated heterocycles. The zero-order valence-electron chi connectivity index (χ0n) is 21.1. The molecule has 2 aliphatic rings. The van der Waals surface area contributed by atoms with Gasteiger partial charge in [-0.15, -0.1) is 10.2 Å². The van der Waals surface area contributed by atoms with Crippen molar-refractivity contribution in [2.75, 3.05) is 25.5 Å². The summed E-state index contributed by atoms with van der Waals surface area (Å²) in [5, 5.41) is 16.0. The van der Waals surface area contributed by atoms with E-state index in [0.29, 0.717) is 18.9 Å². The third-order valence-corrected chi connectivity index (χ3v) is 7.15. The number of rotatable bonds is 5. The van der Waals surface area contributed by atoms with E-state index in [1.165, 1.54) is 18.0 Å². The molecule has 0 aliphatic carbocycles. The average Bonchev–Trinajstić information content (AvgIpc) is 3.24. The van der Waals surface area contributed by atoms with Gasteiger partial charge in [-0.3, -0.25) is 4.79 Å². The molecule has 2 aliphatic heterocycles. The monoisotopic (exact) mass is 513 g/mol. The summed E-state index contributed by atoms with van der Waals surface area (Å²) in [6, 6.07) is 3.70. The molecule has 3 aromatic rings. The van der Waals surface area contributed by atoms with Crippen LogP contribution in [-0.2, 0) is 18.3 Å². The Labute approximate surface area is 212 Å². The Morgan fingerprint density at radius 1 is 1.22 bits per heavy atom. The second-order valence-corrected chi connectivity index (χ2v) is 9.57. The summed E-state index contributed by atoms with van der Waals surface area (Å²) >= 11 is 0. The maximum Gasteiger partial charge on any atom is 0.297 e. The molecule has 1 N–H and O–H groups in total. The number of nitrogens with one attached hydrogen (secondary N) is 1. The van der Waals surface area contributed by atoms with Gasteiger partial charge in [-0.25, -0.2) is 18.7 Å². The molecule has 11 nitrogen and oxygen atoms in total. The Kier molecular flexibility index (Phi) is 6.69. The molecule has 5 rings (SSSR count). The standard InChI is InChI=1S/C24H29F2N9O2/c1-12(18-10-19(37-4)30-23(29-18)20(25)26)24(36)35-8-7-17-15(11-35)6-5-14-9-16(13(2)27-21(14)28-17)22-31-33-34(3)32-22/h9-10,12,15,17,20H,5-8,11H2,1-4H3,(H,27,28)/t12-,15-,17+/m1/s1. The summed E-state index contributed by atoms with van der Waals surface area (Å²) < 4.78 is 31.6. The molecule has 3 aromatic heterocycles. The van der Waals surface area contributed by atoms with Crippen LogP contribution in [0.25, 0.3) is 11.4 Å². The number of likely N-dealkylation sites (tertiary alicyclic amines) is 1. The molecule has 0 unspecified atom stereocenters. The number of ether oxygens (including phenoxy) is 1. The van der Waals surface area contributed by atoms with Gasteiger partial charge in [-0.1, -0.05) is 0 Å². The van der Waals surface area contributed by atoms with Crippen molar-refractivity contribution in [2.24, 2.45) is 13.0 Å². The number of amides is 1. The minimum atomic E-state index is -2.85. The van der Waals surface area contributed by atoms with Gasteiger partial charge in [0.25, 0.3) is 6.43 Å². The highest BCUT2D eigenvalue weighted by atomic mass is 19.3. The van der Waals surface area contributed by atoms with E-state index in [-0.39, 0.29) is 29.4 Å². The van der Waals surface area contributed by atoms with E-state index in [9.17, 15) is 13.6 Å². The fourth-order valence-corrected chi connectivity index (χ4v) is 5.10. The molecule has 0 spiro atoms. The summed E-state index contributed by atoms with van der Waals surface area (Å²) in [4.78, 5) is 29.1. The van der Waals surface area contributed by atoms with Gasteiger partial charge in [-0.2, -0.15) is 9.78 Å². The van der Waals surface area contributed by atoms with Crippen LogP contribution in [-0.4, -0.2) is 72.2 Å². The van der Waals surface area contributed by atoms with E-state index in [2.05, 4.69) is 36.8 Å². The first kappa shape index (κ1) is 24.9. The number of alkyl halides is 2. The maximum absolute atomic E-state index is 13.4. The normalized spacial score (nSPS) is 20.0. The van der Waals surface area contributed by atoms with Crippen molar-refractivity contribution in [3.8, 4) is 17.3 Å². The highest BCUT2D eigenvalue weighted by Gasteiger charge is 2.36. The van der Waals surface area contributed by atoms with E-state index in [4.69, 9.17) is 9.72 Å². The van der Waals surface area contributed by atoms with Gasteiger partial charge < -0.3 is 15.0 Å². The fourth-order valence-electron chi connectivity index (χ4n) is 5.10. The van der Waals surface area contributed by atoms with Gasteiger partial charge in [0, 0.05) is 30.8 Å². The first-order chi connectivity index (χ1) is 17.7. The Balaban J connectivity index is 1.31. The number of aromatic nitrogens is 7. The van der Waals surface area contributed by atoms with Crippen molar-refractivity contribution in [3.63, 3.8) is 0 Å². The quantitative estimate of drug-likeness (QED) is 0.548. The predicted molar refractivity (Wildman–Crippen MR) is 129 cm³/mol. The van der Waals surface area contributed by atoms with Crippen molar-refractivity contribution in [2.45, 2.75) is 51.5 Å². The van der Waals surface area contributed by atoms with Crippen LogP contribution in [0.1, 0.15) is 54.9 Å². The number of pyridine rings is 1. The van der Waals surface area contributed by atoms with Gasteiger partial charge in [0.05, 0.1) is 31.5 Å². The van der Waals surface area contributed by atoms with Crippen molar-refractivity contribution in [1.29, 1.82) is 0 Å². The molecule has 196 valence electrons. The van der Waals surface area contributed by atoms with E-state index < -0.39 is 18.2 Å². The first-order valence-electron chi connectivity index (χ1n) is 12.2. The number of hydrogen-bond donors (Lipinski definition) is 1. The number of nitrogens with zero attached hydrogens (tertiary/aromatic N) is 8. The zero-order valence-corrected chi connectivity index (χ0v) is 21.1. The summed E-state index contributed by atoms with van der Waals surface area (Å²) in [6.45, 7) is 4.73. The van der Waals surface area contributed by atoms with E-state index >= 15 is 0 Å². The molecule has 0 aromatic carbocycles. The van der Waals surface area contributed by atoms with Crippen molar-refractivity contribution < 1.29 is 18.3 Å². The van der Waals surface area contributed by atoms with Gasteiger partial charge in [0.1, 0.15) is 5.82 Å². The summed E-state index contributed by atoms with van der Waals surface area (Å²) in [5.74, 6) is 0.145. The number of aryl methyl sites for hydroxylation is 3. The number of anilines is 1. The molecule has 1 fully saturated rings. The largest absolute Gasteiger partial charge is 0.481 e. The number of fused-ring (bicyclic) bond motifs is 2. The lowest BCUT2D eigenvalue weighted by molar-refractivity contribution is -0.134. The number of methoxy groups -OCH3 is 1. The molecule has 5 heterocycles. The summed E-state index contributed by atoms with van der Waals surface area (Å²) in [5.41, 5.74) is 2.99. The first-order valence-corrected chi connectivity index (χ1v) is 12.2. The Bertz CT molecular complexity index is 1320. The zero-order chi connectivity index (χ0) is 26.3. The van der Waals surface area contributed by atoms with Crippen LogP contribution in [0, 0.1) is 12.8 Å². The molecular weight excluding hydrogens is 484 g/mol. The summed E-state index contributed by atoms with van der Waals surface area (Å²) in [6.07, 6.45) is -0.431. The SMILES string of the molecule is COc1cc([C@@H](C)C(=O)N2CC[C@@H]3Nc4nc(C)c(-c5nnn(C)n5)cc4CC[C@@H]3C2)nc(C(F)F)n1. The average molecular weight is 514 g/mol. The van der Waals surface area contributed by atoms with Gasteiger partial charge in [0.15, 0.2) is 5.82 Å². The molecule has 0 bridgehead atoms. The Hall–Kier alpha value is -3.77. The predicted octanol–water partition coefficient (Wildman–Crippen LogP) is 2.70. The molecule has 0 saturated carbocycles. The van der Waals surface area contributed by atoms with Crippen LogP contribution in [0.4, 0.5) is 14.6 Å². The van der Waals surface area contributed by atoms with Crippen molar-refractivity contribution in [1.82, 2.24) is 40.1 Å². The van der Waals surface area contributed by atoms with Gasteiger partial charge in [0.2, 0.25) is 17.6 Å². The number of carbonyl (C=O) groups is 1. The minimum Gasteiger partial charge on any atom is -0.481 e. The summed E-state index contributed by atoms with van der Waals surface area (Å²) in [7, 11) is 3.07. The Morgan fingerprint density at radius 3 is 2.73 bits per heavy atom. The second kappa shape index (κ2) is 9.94. The van der Waals surface area contributed by atoms with E-state index in [1.54, 1.807) is 14.0 Å². The maximum atomic E-state index is 13.4. The highest BCUT2D eigenvalue weighted by molar-refractivity contribution is 5.83. The van der Waals surface area contributed by atoms with Crippen LogP contribution in [0.5, 0.6) is 5.88 Å². The number of piperidine rings is 1. The van der Waals surface area contributed by atoms with Crippen LogP contribution < -0.4 is 10.1 Å². The van der Waals surface area contributed by atoms with Gasteiger partial charge in [-0.05, 0) is 55.9 Å².